The van der Waals surface area contributed by atoms with Crippen LogP contribution in [0, 0.1) is 12.3 Å². The Bertz CT molecular complexity index is 287. The second-order valence-corrected chi connectivity index (χ2v) is 3.23. The molecule has 0 saturated heterocycles. The van der Waals surface area contributed by atoms with Gasteiger partial charge in [-0.05, 0) is 37.1 Å². The minimum atomic E-state index is 0.136. The van der Waals surface area contributed by atoms with Crippen LogP contribution >= 0.6 is 0 Å². The third-order valence-corrected chi connectivity index (χ3v) is 2.03. The summed E-state index contributed by atoms with van der Waals surface area (Å²) in [5.41, 5.74) is 1.23. The second kappa shape index (κ2) is 6.17. The minimum Gasteiger partial charge on any atom is -0.303 e. The fourth-order valence-corrected chi connectivity index (χ4v) is 1.26. The Morgan fingerprint density at radius 2 is 2.21 bits per heavy atom. The van der Waals surface area contributed by atoms with Crippen LogP contribution < -0.4 is 5.32 Å². The van der Waals surface area contributed by atoms with Gasteiger partial charge in [-0.15, -0.1) is 6.42 Å². The Labute approximate surface area is 85.8 Å². The molecule has 2 nitrogen and oxygen atoms in total. The molecule has 1 unspecified atom stereocenters. The van der Waals surface area contributed by atoms with Gasteiger partial charge in [0.1, 0.15) is 0 Å². The van der Waals surface area contributed by atoms with Crippen LogP contribution in [-0.4, -0.2) is 17.6 Å². The maximum Gasteiger partial charge on any atom is 0.0727 e. The van der Waals surface area contributed by atoms with E-state index in [9.17, 15) is 0 Å². The summed E-state index contributed by atoms with van der Waals surface area (Å²) in [5.74, 6) is 2.75. The molecule has 14 heavy (non-hydrogen) atoms. The molecule has 0 fully saturated rings. The summed E-state index contributed by atoms with van der Waals surface area (Å²) in [7, 11) is 0. The van der Waals surface area contributed by atoms with Crippen molar-refractivity contribution in [1.29, 1.82) is 0 Å². The molecule has 0 amide bonds. The normalized spacial score (nSPS) is 12.0. The summed E-state index contributed by atoms with van der Waals surface area (Å²) < 4.78 is 0. The number of hydrogen-bond acceptors (Lipinski definition) is 2. The van der Waals surface area contributed by atoms with Crippen LogP contribution in [0.15, 0.2) is 24.5 Å². The zero-order chi connectivity index (χ0) is 10.2. The Morgan fingerprint density at radius 1 is 1.50 bits per heavy atom. The van der Waals surface area contributed by atoms with Crippen LogP contribution in [0.25, 0.3) is 0 Å². The van der Waals surface area contributed by atoms with Gasteiger partial charge in [-0.25, -0.2) is 0 Å². The molecular weight excluding hydrogens is 172 g/mol. The van der Waals surface area contributed by atoms with E-state index in [0.29, 0.717) is 0 Å². The van der Waals surface area contributed by atoms with Crippen molar-refractivity contribution in [3.05, 3.63) is 30.1 Å². The fraction of sp³-hybridized carbons (Fsp3) is 0.417. The highest BCUT2D eigenvalue weighted by atomic mass is 14.9. The lowest BCUT2D eigenvalue weighted by molar-refractivity contribution is 0.598. The lowest BCUT2D eigenvalue weighted by Gasteiger charge is -2.11. The monoisotopic (exact) mass is 188 g/mol. The molecule has 1 atom stereocenters. The first-order valence-corrected chi connectivity index (χ1v) is 4.95. The third-order valence-electron chi connectivity index (χ3n) is 2.03. The van der Waals surface area contributed by atoms with Crippen molar-refractivity contribution in [1.82, 2.24) is 10.3 Å². The first-order chi connectivity index (χ1) is 6.86. The van der Waals surface area contributed by atoms with Gasteiger partial charge in [0, 0.05) is 12.4 Å². The van der Waals surface area contributed by atoms with Gasteiger partial charge in [0.15, 0.2) is 0 Å². The molecule has 74 valence electrons. The van der Waals surface area contributed by atoms with E-state index in [1.807, 2.05) is 12.1 Å². The smallest absolute Gasteiger partial charge is 0.0727 e. The number of terminal acetylenes is 1. The van der Waals surface area contributed by atoms with Gasteiger partial charge in [0.05, 0.1) is 6.04 Å². The summed E-state index contributed by atoms with van der Waals surface area (Å²) in [6, 6.07) is 4.13. The zero-order valence-corrected chi connectivity index (χ0v) is 8.53. The molecule has 0 aliphatic carbocycles. The van der Waals surface area contributed by atoms with Crippen LogP contribution in [0.3, 0.4) is 0 Å². The summed E-state index contributed by atoms with van der Waals surface area (Å²) in [6.07, 6.45) is 11.0. The topological polar surface area (TPSA) is 24.9 Å². The molecular formula is C12H16N2. The molecule has 1 aromatic heterocycles. The van der Waals surface area contributed by atoms with Crippen molar-refractivity contribution in [2.24, 2.45) is 0 Å². The Balaban J connectivity index is 2.46. The summed E-state index contributed by atoms with van der Waals surface area (Å²) in [5, 5.41) is 3.31. The van der Waals surface area contributed by atoms with Gasteiger partial charge >= 0.3 is 0 Å². The maximum atomic E-state index is 5.43. The van der Waals surface area contributed by atoms with Gasteiger partial charge in [-0.1, -0.05) is 12.8 Å². The van der Waals surface area contributed by atoms with E-state index in [0.717, 1.165) is 19.4 Å². The zero-order valence-electron chi connectivity index (χ0n) is 8.53. The number of nitrogens with one attached hydrogen (secondary N) is 1. The largest absolute Gasteiger partial charge is 0.303 e. The van der Waals surface area contributed by atoms with E-state index in [1.165, 1.54) is 5.56 Å². The molecule has 0 radical (unpaired) electrons. The maximum absolute atomic E-state index is 5.43. The summed E-state index contributed by atoms with van der Waals surface area (Å²) in [4.78, 5) is 3.97. The van der Waals surface area contributed by atoms with Gasteiger partial charge < -0.3 is 5.32 Å². The van der Waals surface area contributed by atoms with Crippen LogP contribution in [0.1, 0.15) is 18.9 Å². The van der Waals surface area contributed by atoms with E-state index in [-0.39, 0.29) is 6.04 Å². The molecule has 0 aromatic carbocycles. The van der Waals surface area contributed by atoms with Gasteiger partial charge in [-0.3, -0.25) is 4.98 Å². The van der Waals surface area contributed by atoms with Crippen LogP contribution in [-0.2, 0) is 6.42 Å². The van der Waals surface area contributed by atoms with Gasteiger partial charge in [0.25, 0.3) is 0 Å². The predicted molar refractivity (Wildman–Crippen MR) is 58.9 cm³/mol. The molecule has 1 aromatic rings. The molecule has 1 rings (SSSR count). The van der Waals surface area contributed by atoms with Crippen LogP contribution in [0.5, 0.6) is 0 Å². The van der Waals surface area contributed by atoms with E-state index in [2.05, 4.69) is 23.1 Å². The number of hydrogen-bond donors (Lipinski definition) is 1. The quantitative estimate of drug-likeness (QED) is 0.710. The van der Waals surface area contributed by atoms with Gasteiger partial charge in [0.2, 0.25) is 0 Å². The van der Waals surface area contributed by atoms with E-state index in [1.54, 1.807) is 12.4 Å². The molecule has 0 aliphatic heterocycles. The highest BCUT2D eigenvalue weighted by Crippen LogP contribution is 2.00. The predicted octanol–water partition coefficient (Wildman–Crippen LogP) is 1.63. The highest BCUT2D eigenvalue weighted by molar-refractivity contribution is 5.15. The van der Waals surface area contributed by atoms with Crippen molar-refractivity contribution < 1.29 is 0 Å². The second-order valence-electron chi connectivity index (χ2n) is 3.23. The molecule has 1 N–H and O–H groups in total. The third kappa shape index (κ3) is 3.59. The molecule has 0 spiro atoms. The molecule has 0 saturated carbocycles. The number of pyridine rings is 1. The summed E-state index contributed by atoms with van der Waals surface area (Å²) >= 11 is 0. The van der Waals surface area contributed by atoms with Crippen LogP contribution in [0.4, 0.5) is 0 Å². The average Bonchev–Trinajstić information content (AvgIpc) is 2.25. The molecule has 0 bridgehead atoms. The SMILES string of the molecule is C#CC(Cc1ccncc1)NCCC. The van der Waals surface area contributed by atoms with Crippen molar-refractivity contribution >= 4 is 0 Å². The van der Waals surface area contributed by atoms with Crippen molar-refractivity contribution in [3.8, 4) is 12.3 Å². The minimum absolute atomic E-state index is 0.136. The lowest BCUT2D eigenvalue weighted by Crippen LogP contribution is -2.30. The Kier molecular flexibility index (Phi) is 4.74. The van der Waals surface area contributed by atoms with Gasteiger partial charge in [-0.2, -0.15) is 0 Å². The van der Waals surface area contributed by atoms with Crippen molar-refractivity contribution in [2.45, 2.75) is 25.8 Å². The van der Waals surface area contributed by atoms with E-state index >= 15 is 0 Å². The van der Waals surface area contributed by atoms with Crippen LogP contribution in [0.2, 0.25) is 0 Å². The van der Waals surface area contributed by atoms with E-state index in [4.69, 9.17) is 6.42 Å². The Morgan fingerprint density at radius 3 is 2.79 bits per heavy atom. The number of rotatable bonds is 5. The first kappa shape index (κ1) is 10.7. The molecule has 1 heterocycles. The van der Waals surface area contributed by atoms with Crippen molar-refractivity contribution in [3.63, 3.8) is 0 Å². The molecule has 2 heteroatoms. The first-order valence-electron chi connectivity index (χ1n) is 4.95. The number of nitrogens with zero attached hydrogens (tertiary/aromatic N) is 1. The highest BCUT2D eigenvalue weighted by Gasteiger charge is 2.03. The average molecular weight is 188 g/mol. The molecule has 0 aliphatic rings. The standard InChI is InChI=1S/C12H16N2/c1-3-7-14-12(4-2)10-11-5-8-13-9-6-11/h2,5-6,8-9,12,14H,3,7,10H2,1H3. The summed E-state index contributed by atoms with van der Waals surface area (Å²) in [6.45, 7) is 3.10. The Hall–Kier alpha value is -1.33. The number of aromatic nitrogens is 1. The van der Waals surface area contributed by atoms with Crippen molar-refractivity contribution in [2.75, 3.05) is 6.54 Å². The van der Waals surface area contributed by atoms with E-state index < -0.39 is 0 Å². The lowest BCUT2D eigenvalue weighted by atomic mass is 10.1. The fourth-order valence-electron chi connectivity index (χ4n) is 1.26.